The SMILES string of the molecule is [CH2-]CCOCC.[Y]. The van der Waals surface area contributed by atoms with Crippen LogP contribution in [0.3, 0.4) is 0 Å². The smallest absolute Gasteiger partial charge is 0.0436 e. The number of hydrogen-bond donors (Lipinski definition) is 0. The van der Waals surface area contributed by atoms with Crippen LogP contribution in [0.2, 0.25) is 0 Å². The van der Waals surface area contributed by atoms with Crippen LogP contribution in [0.25, 0.3) is 0 Å². The van der Waals surface area contributed by atoms with Crippen molar-refractivity contribution in [2.75, 3.05) is 13.2 Å². The van der Waals surface area contributed by atoms with Crippen LogP contribution in [0, 0.1) is 6.92 Å². The molecule has 0 aromatic carbocycles. The zero-order chi connectivity index (χ0) is 4.83. The minimum absolute atomic E-state index is 0. The van der Waals surface area contributed by atoms with Gasteiger partial charge >= 0.3 is 0 Å². The Morgan fingerprint density at radius 1 is 1.57 bits per heavy atom. The standard InChI is InChI=1S/C5H11O.Y/c1-3-5-6-4-2;/h1,3-5H2,2H3;/q-1;. The van der Waals surface area contributed by atoms with Gasteiger partial charge in [0.2, 0.25) is 0 Å². The topological polar surface area (TPSA) is 9.23 Å². The molecule has 0 aromatic heterocycles. The summed E-state index contributed by atoms with van der Waals surface area (Å²) in [7, 11) is 0. The molecule has 1 radical (unpaired) electrons. The molecule has 0 rings (SSSR count). The summed E-state index contributed by atoms with van der Waals surface area (Å²) < 4.78 is 4.92. The average Bonchev–Trinajstić information content (AvgIpc) is 1.61. The molecule has 0 bridgehead atoms. The molecule has 0 spiro atoms. The first-order valence-corrected chi connectivity index (χ1v) is 2.28. The van der Waals surface area contributed by atoms with Crippen LogP contribution in [-0.4, -0.2) is 13.2 Å². The average molecular weight is 176 g/mol. The van der Waals surface area contributed by atoms with E-state index in [4.69, 9.17) is 4.74 Å². The van der Waals surface area contributed by atoms with Crippen LogP contribution in [0.4, 0.5) is 0 Å². The van der Waals surface area contributed by atoms with Gasteiger partial charge in [0, 0.05) is 45.9 Å². The molecule has 41 valence electrons. The molecule has 0 aromatic rings. The summed E-state index contributed by atoms with van der Waals surface area (Å²) in [5.41, 5.74) is 0. The van der Waals surface area contributed by atoms with Crippen LogP contribution >= 0.6 is 0 Å². The fraction of sp³-hybridized carbons (Fsp3) is 0.800. The van der Waals surface area contributed by atoms with E-state index in [9.17, 15) is 0 Å². The molecular weight excluding hydrogens is 165 g/mol. The predicted octanol–water partition coefficient (Wildman–Crippen LogP) is 1.24. The summed E-state index contributed by atoms with van der Waals surface area (Å²) >= 11 is 0. The van der Waals surface area contributed by atoms with Gasteiger partial charge in [0.1, 0.15) is 0 Å². The third-order valence-electron chi connectivity index (χ3n) is 0.493. The van der Waals surface area contributed by atoms with E-state index in [-0.39, 0.29) is 32.7 Å². The maximum Gasteiger partial charge on any atom is 0.0436 e. The molecule has 2 heteroatoms. The Morgan fingerprint density at radius 3 is 2.29 bits per heavy atom. The van der Waals surface area contributed by atoms with Crippen molar-refractivity contribution in [3.8, 4) is 0 Å². The van der Waals surface area contributed by atoms with Crippen molar-refractivity contribution >= 4 is 0 Å². The number of hydrogen-bond acceptors (Lipinski definition) is 1. The molecule has 0 atom stereocenters. The normalized spacial score (nSPS) is 7.71. The van der Waals surface area contributed by atoms with Gasteiger partial charge in [0.05, 0.1) is 0 Å². The minimum Gasteiger partial charge on any atom is -0.384 e. The quantitative estimate of drug-likeness (QED) is 0.464. The number of ether oxygens (including phenoxy) is 1. The summed E-state index contributed by atoms with van der Waals surface area (Å²) in [6.45, 7) is 7.20. The van der Waals surface area contributed by atoms with Gasteiger partial charge in [0.25, 0.3) is 0 Å². The van der Waals surface area contributed by atoms with E-state index in [0.29, 0.717) is 0 Å². The molecule has 7 heavy (non-hydrogen) atoms. The van der Waals surface area contributed by atoms with Gasteiger partial charge < -0.3 is 11.7 Å². The van der Waals surface area contributed by atoms with Gasteiger partial charge in [-0.1, -0.05) is 0 Å². The first-order valence-electron chi connectivity index (χ1n) is 2.28. The minimum atomic E-state index is 0. The molecule has 0 fully saturated rings. The fourth-order valence-corrected chi connectivity index (χ4v) is 0.246. The van der Waals surface area contributed by atoms with Crippen molar-refractivity contribution in [1.82, 2.24) is 0 Å². The molecule has 0 heterocycles. The Labute approximate surface area is 70.7 Å². The van der Waals surface area contributed by atoms with Crippen molar-refractivity contribution in [2.45, 2.75) is 13.3 Å². The van der Waals surface area contributed by atoms with Crippen LogP contribution in [-0.2, 0) is 37.4 Å². The van der Waals surface area contributed by atoms with Gasteiger partial charge in [0.15, 0.2) is 0 Å². The van der Waals surface area contributed by atoms with Crippen molar-refractivity contribution in [3.63, 3.8) is 0 Å². The van der Waals surface area contributed by atoms with Crippen LogP contribution < -0.4 is 0 Å². The Bertz CT molecular complexity index is 20.0. The molecule has 0 aliphatic rings. The van der Waals surface area contributed by atoms with Crippen molar-refractivity contribution in [1.29, 1.82) is 0 Å². The summed E-state index contributed by atoms with van der Waals surface area (Å²) in [5, 5.41) is 0. The predicted molar refractivity (Wildman–Crippen MR) is 26.5 cm³/mol. The molecule has 0 aliphatic carbocycles. The maximum atomic E-state index is 4.92. The van der Waals surface area contributed by atoms with Crippen molar-refractivity contribution < 1.29 is 37.4 Å². The molecule has 1 nitrogen and oxygen atoms in total. The van der Waals surface area contributed by atoms with Crippen molar-refractivity contribution in [3.05, 3.63) is 6.92 Å². The molecule has 0 unspecified atom stereocenters. The summed E-state index contributed by atoms with van der Waals surface area (Å²) in [6.07, 6.45) is 0.883. The van der Waals surface area contributed by atoms with Gasteiger partial charge in [-0.05, 0) is 6.92 Å². The Balaban J connectivity index is 0. The summed E-state index contributed by atoms with van der Waals surface area (Å²) in [5.74, 6) is 0. The molecule has 0 saturated heterocycles. The van der Waals surface area contributed by atoms with Gasteiger partial charge in [-0.25, -0.2) is 0 Å². The van der Waals surface area contributed by atoms with E-state index < -0.39 is 0 Å². The molecule has 0 N–H and O–H groups in total. The van der Waals surface area contributed by atoms with E-state index in [0.717, 1.165) is 19.6 Å². The molecule has 0 aliphatic heterocycles. The third kappa shape index (κ3) is 11.0. The van der Waals surface area contributed by atoms with E-state index in [1.54, 1.807) is 0 Å². The first-order chi connectivity index (χ1) is 2.91. The van der Waals surface area contributed by atoms with Gasteiger partial charge in [-0.3, -0.25) is 0 Å². The van der Waals surface area contributed by atoms with Gasteiger partial charge in [-0.15, -0.1) is 0 Å². The van der Waals surface area contributed by atoms with Gasteiger partial charge in [-0.2, -0.15) is 6.42 Å². The van der Waals surface area contributed by atoms with E-state index >= 15 is 0 Å². The molecule has 0 amide bonds. The Morgan fingerprint density at radius 2 is 2.14 bits per heavy atom. The van der Waals surface area contributed by atoms with E-state index in [2.05, 4.69) is 6.92 Å². The molecule has 0 saturated carbocycles. The fourth-order valence-electron chi connectivity index (χ4n) is 0.246. The van der Waals surface area contributed by atoms with Crippen LogP contribution in [0.1, 0.15) is 13.3 Å². The first kappa shape index (κ1) is 10.9. The second-order valence-electron chi connectivity index (χ2n) is 1.05. The van der Waals surface area contributed by atoms with Crippen LogP contribution in [0.15, 0.2) is 0 Å². The largest absolute Gasteiger partial charge is 0.384 e. The third-order valence-corrected chi connectivity index (χ3v) is 0.493. The monoisotopic (exact) mass is 176 g/mol. The second-order valence-corrected chi connectivity index (χ2v) is 1.05. The second kappa shape index (κ2) is 10.1. The zero-order valence-corrected chi connectivity index (χ0v) is 7.65. The summed E-state index contributed by atoms with van der Waals surface area (Å²) in [6, 6.07) is 0. The maximum absolute atomic E-state index is 4.92. The van der Waals surface area contributed by atoms with E-state index in [1.165, 1.54) is 0 Å². The Kier molecular flexibility index (Phi) is 15.8. The Hall–Kier alpha value is 1.06. The molecular formula is C5H11OY-. The number of rotatable bonds is 3. The summed E-state index contributed by atoms with van der Waals surface area (Å²) in [4.78, 5) is 0. The van der Waals surface area contributed by atoms with Crippen molar-refractivity contribution in [2.24, 2.45) is 0 Å². The zero-order valence-electron chi connectivity index (χ0n) is 4.81. The van der Waals surface area contributed by atoms with E-state index in [1.807, 2.05) is 6.92 Å². The van der Waals surface area contributed by atoms with Crippen LogP contribution in [0.5, 0.6) is 0 Å².